The van der Waals surface area contributed by atoms with E-state index in [1.165, 1.54) is 12.1 Å². The van der Waals surface area contributed by atoms with Crippen molar-refractivity contribution in [1.29, 1.82) is 0 Å². The normalized spacial score (nSPS) is 10.3. The highest BCUT2D eigenvalue weighted by Gasteiger charge is 2.18. The fourth-order valence-corrected chi connectivity index (χ4v) is 2.42. The highest BCUT2D eigenvalue weighted by molar-refractivity contribution is 6.33. The Morgan fingerprint density at radius 1 is 1.16 bits per heavy atom. The van der Waals surface area contributed by atoms with Crippen LogP contribution in [0.4, 0.5) is 5.69 Å². The number of nitro benzene ring substituents is 1. The maximum absolute atomic E-state index is 12.1. The van der Waals surface area contributed by atoms with Gasteiger partial charge in [-0.15, -0.1) is 0 Å². The van der Waals surface area contributed by atoms with Crippen LogP contribution in [-0.2, 0) is 11.2 Å². The Bertz CT molecular complexity index is 802. The van der Waals surface area contributed by atoms with Crippen molar-refractivity contribution in [2.45, 2.75) is 19.8 Å². The van der Waals surface area contributed by atoms with E-state index in [9.17, 15) is 19.7 Å². The highest BCUT2D eigenvalue weighted by Crippen LogP contribution is 2.22. The molecule has 2 aromatic carbocycles. The van der Waals surface area contributed by atoms with Gasteiger partial charge in [0.15, 0.2) is 12.4 Å². The molecular formula is C18H16ClNO5. The van der Waals surface area contributed by atoms with Crippen LogP contribution in [0.25, 0.3) is 0 Å². The minimum absolute atomic E-state index is 0.0203. The summed E-state index contributed by atoms with van der Waals surface area (Å²) in [5.41, 5.74) is 1.12. The van der Waals surface area contributed by atoms with E-state index < -0.39 is 17.5 Å². The van der Waals surface area contributed by atoms with Gasteiger partial charge in [-0.05, 0) is 18.1 Å². The van der Waals surface area contributed by atoms with E-state index in [1.807, 2.05) is 12.1 Å². The number of carbonyl (C=O) groups is 2. The van der Waals surface area contributed by atoms with E-state index in [1.54, 1.807) is 12.1 Å². The summed E-state index contributed by atoms with van der Waals surface area (Å²) in [5, 5.41) is 10.8. The van der Waals surface area contributed by atoms with Crippen molar-refractivity contribution in [3.8, 4) is 0 Å². The molecule has 0 unspecified atom stereocenters. The average Bonchev–Trinajstić information content (AvgIpc) is 2.60. The largest absolute Gasteiger partial charge is 0.454 e. The van der Waals surface area contributed by atoms with Crippen LogP contribution in [0, 0.1) is 10.1 Å². The second kappa shape index (κ2) is 8.39. The minimum atomic E-state index is -0.885. The Morgan fingerprint density at radius 2 is 1.84 bits per heavy atom. The van der Waals surface area contributed by atoms with Crippen LogP contribution in [0.5, 0.6) is 0 Å². The number of carbonyl (C=O) groups excluding carboxylic acids is 2. The number of ketones is 1. The lowest BCUT2D eigenvalue weighted by atomic mass is 10.1. The molecule has 0 radical (unpaired) electrons. The molecule has 2 aromatic rings. The van der Waals surface area contributed by atoms with Crippen LogP contribution in [0.15, 0.2) is 42.5 Å². The van der Waals surface area contributed by atoms with Crippen molar-refractivity contribution in [2.24, 2.45) is 0 Å². The summed E-state index contributed by atoms with van der Waals surface area (Å²) in [6.07, 6.45) is 1.93. The van der Waals surface area contributed by atoms with E-state index in [0.717, 1.165) is 24.5 Å². The van der Waals surface area contributed by atoms with Gasteiger partial charge in [-0.1, -0.05) is 49.2 Å². The summed E-state index contributed by atoms with van der Waals surface area (Å²) in [5.74, 6) is -1.25. The number of esters is 1. The zero-order chi connectivity index (χ0) is 18.4. The average molecular weight is 362 g/mol. The number of halogens is 1. The second-order valence-corrected chi connectivity index (χ2v) is 5.77. The Balaban J connectivity index is 2.03. The summed E-state index contributed by atoms with van der Waals surface area (Å²) in [6, 6.07) is 10.5. The number of nitrogens with zero attached hydrogens (tertiary/aromatic N) is 1. The van der Waals surface area contributed by atoms with Gasteiger partial charge in [0, 0.05) is 17.7 Å². The topological polar surface area (TPSA) is 86.5 Å². The summed E-state index contributed by atoms with van der Waals surface area (Å²) in [6.45, 7) is 1.60. The maximum atomic E-state index is 12.1. The molecule has 2 rings (SSSR count). The standard InChI is InChI=1S/C18H16ClNO5/c1-2-3-12-4-6-13(7-5-12)17(21)11-25-18(22)15-10-14(20(23)24)8-9-16(15)19/h4-10H,2-3,11H2,1H3. The Labute approximate surface area is 149 Å². The first-order valence-electron chi connectivity index (χ1n) is 7.65. The molecule has 0 bridgehead atoms. The fourth-order valence-electron chi connectivity index (χ4n) is 2.22. The lowest BCUT2D eigenvalue weighted by Crippen LogP contribution is -2.14. The van der Waals surface area contributed by atoms with E-state index in [4.69, 9.17) is 16.3 Å². The number of nitro groups is 1. The molecule has 0 fully saturated rings. The number of rotatable bonds is 7. The third-order valence-electron chi connectivity index (χ3n) is 3.53. The lowest BCUT2D eigenvalue weighted by Gasteiger charge is -2.06. The predicted molar refractivity (Wildman–Crippen MR) is 93.2 cm³/mol. The number of ether oxygens (including phenoxy) is 1. The van der Waals surface area contributed by atoms with Crippen molar-refractivity contribution < 1.29 is 19.2 Å². The molecule has 0 saturated carbocycles. The molecule has 0 aliphatic carbocycles. The molecule has 130 valence electrons. The van der Waals surface area contributed by atoms with Gasteiger partial charge in [-0.2, -0.15) is 0 Å². The predicted octanol–water partition coefficient (Wildman–Crippen LogP) is 4.24. The minimum Gasteiger partial charge on any atom is -0.454 e. The van der Waals surface area contributed by atoms with Crippen LogP contribution < -0.4 is 0 Å². The molecule has 0 saturated heterocycles. The van der Waals surface area contributed by atoms with Gasteiger partial charge in [0.1, 0.15) is 0 Å². The molecule has 0 spiro atoms. The molecule has 0 heterocycles. The molecule has 0 atom stereocenters. The third kappa shape index (κ3) is 4.87. The molecule has 7 heteroatoms. The molecule has 0 aliphatic heterocycles. The lowest BCUT2D eigenvalue weighted by molar-refractivity contribution is -0.384. The first kappa shape index (κ1) is 18.6. The van der Waals surface area contributed by atoms with Gasteiger partial charge >= 0.3 is 5.97 Å². The van der Waals surface area contributed by atoms with Crippen LogP contribution in [0.3, 0.4) is 0 Å². The van der Waals surface area contributed by atoms with E-state index in [0.29, 0.717) is 5.56 Å². The Morgan fingerprint density at radius 3 is 2.44 bits per heavy atom. The van der Waals surface area contributed by atoms with Crippen LogP contribution in [0.1, 0.15) is 39.6 Å². The molecule has 0 aromatic heterocycles. The summed E-state index contributed by atoms with van der Waals surface area (Å²) in [7, 11) is 0. The molecule has 6 nitrogen and oxygen atoms in total. The van der Waals surface area contributed by atoms with Gasteiger partial charge in [0.05, 0.1) is 15.5 Å². The summed E-state index contributed by atoms with van der Waals surface area (Å²) in [4.78, 5) is 34.3. The second-order valence-electron chi connectivity index (χ2n) is 5.37. The van der Waals surface area contributed by atoms with Crippen molar-refractivity contribution in [2.75, 3.05) is 6.61 Å². The molecule has 0 N–H and O–H groups in total. The van der Waals surface area contributed by atoms with Gasteiger partial charge in [-0.3, -0.25) is 14.9 Å². The van der Waals surface area contributed by atoms with Gasteiger partial charge in [0.2, 0.25) is 0 Å². The first-order chi connectivity index (χ1) is 11.9. The number of hydrogen-bond acceptors (Lipinski definition) is 5. The number of Topliss-reactive ketones (excluding diaryl/α,β-unsaturated/α-hetero) is 1. The summed E-state index contributed by atoms with van der Waals surface area (Å²) >= 11 is 5.87. The van der Waals surface area contributed by atoms with E-state index in [-0.39, 0.29) is 22.1 Å². The Kier molecular flexibility index (Phi) is 6.25. The number of benzene rings is 2. The van der Waals surface area contributed by atoms with Gasteiger partial charge < -0.3 is 4.74 Å². The molecule has 0 aliphatic rings. The number of aryl methyl sites for hydroxylation is 1. The highest BCUT2D eigenvalue weighted by atomic mass is 35.5. The SMILES string of the molecule is CCCc1ccc(C(=O)COC(=O)c2cc([N+](=O)[O-])ccc2Cl)cc1. The maximum Gasteiger partial charge on any atom is 0.340 e. The molecule has 0 amide bonds. The van der Waals surface area contributed by atoms with Crippen LogP contribution in [-0.4, -0.2) is 23.3 Å². The van der Waals surface area contributed by atoms with Crippen molar-refractivity contribution >= 4 is 29.0 Å². The molecular weight excluding hydrogens is 346 g/mol. The van der Waals surface area contributed by atoms with Crippen LogP contribution >= 0.6 is 11.6 Å². The number of non-ortho nitro benzene ring substituents is 1. The smallest absolute Gasteiger partial charge is 0.340 e. The van der Waals surface area contributed by atoms with Crippen molar-refractivity contribution in [1.82, 2.24) is 0 Å². The summed E-state index contributed by atoms with van der Waals surface area (Å²) < 4.78 is 4.94. The fraction of sp³-hybridized carbons (Fsp3) is 0.222. The zero-order valence-electron chi connectivity index (χ0n) is 13.5. The zero-order valence-corrected chi connectivity index (χ0v) is 14.3. The van der Waals surface area contributed by atoms with Crippen molar-refractivity contribution in [3.05, 3.63) is 74.3 Å². The Hall–Kier alpha value is -2.73. The van der Waals surface area contributed by atoms with E-state index in [2.05, 4.69) is 6.92 Å². The van der Waals surface area contributed by atoms with Crippen molar-refractivity contribution in [3.63, 3.8) is 0 Å². The third-order valence-corrected chi connectivity index (χ3v) is 3.86. The van der Waals surface area contributed by atoms with Crippen LogP contribution in [0.2, 0.25) is 5.02 Å². The van der Waals surface area contributed by atoms with Gasteiger partial charge in [0.25, 0.3) is 5.69 Å². The molecule has 25 heavy (non-hydrogen) atoms. The quantitative estimate of drug-likeness (QED) is 0.318. The monoisotopic (exact) mass is 361 g/mol. The number of hydrogen-bond donors (Lipinski definition) is 0. The van der Waals surface area contributed by atoms with Gasteiger partial charge in [-0.25, -0.2) is 4.79 Å². The van der Waals surface area contributed by atoms with E-state index >= 15 is 0 Å². The first-order valence-corrected chi connectivity index (χ1v) is 8.03.